The van der Waals surface area contributed by atoms with Gasteiger partial charge in [-0.05, 0) is 50.8 Å². The van der Waals surface area contributed by atoms with E-state index in [2.05, 4.69) is 15.3 Å². The largest absolute Gasteiger partial charge is 0.492 e. The van der Waals surface area contributed by atoms with Crippen molar-refractivity contribution in [1.29, 1.82) is 0 Å². The highest BCUT2D eigenvalue weighted by Crippen LogP contribution is 2.15. The van der Waals surface area contributed by atoms with Crippen LogP contribution in [0.4, 0.5) is 5.69 Å². The number of hydrogen-bond donors (Lipinski definition) is 1. The number of aromatic nitrogens is 2. The lowest BCUT2D eigenvalue weighted by molar-refractivity contribution is -0.116. The van der Waals surface area contributed by atoms with Crippen molar-refractivity contribution < 1.29 is 9.53 Å². The molecule has 0 fully saturated rings. The molecule has 1 N–H and O–H groups in total. The van der Waals surface area contributed by atoms with E-state index in [1.807, 2.05) is 51.5 Å². The van der Waals surface area contributed by atoms with Crippen molar-refractivity contribution in [2.75, 3.05) is 32.6 Å². The maximum atomic E-state index is 11.9. The van der Waals surface area contributed by atoms with Crippen LogP contribution in [0.25, 0.3) is 0 Å². The molecule has 1 amide bonds. The van der Waals surface area contributed by atoms with E-state index in [4.69, 9.17) is 4.74 Å². The Hall–Kier alpha value is -2.34. The number of amides is 1. The van der Waals surface area contributed by atoms with Crippen molar-refractivity contribution >= 4 is 11.6 Å². The third kappa shape index (κ3) is 6.12. The summed E-state index contributed by atoms with van der Waals surface area (Å²) in [6, 6.07) is 7.42. The van der Waals surface area contributed by atoms with Crippen molar-refractivity contribution in [2.45, 2.75) is 19.9 Å². The van der Waals surface area contributed by atoms with Gasteiger partial charge in [-0.25, -0.2) is 0 Å². The SMILES string of the molecule is Cc1cnn(CCC(=O)Nc2ccc(OCCN(C)C)cc2)c1. The van der Waals surface area contributed by atoms with Crippen molar-refractivity contribution in [1.82, 2.24) is 14.7 Å². The van der Waals surface area contributed by atoms with Gasteiger partial charge in [-0.1, -0.05) is 0 Å². The number of ether oxygens (including phenoxy) is 1. The molecule has 0 aliphatic heterocycles. The molecule has 0 atom stereocenters. The molecule has 1 heterocycles. The van der Waals surface area contributed by atoms with Gasteiger partial charge in [0.25, 0.3) is 0 Å². The van der Waals surface area contributed by atoms with Gasteiger partial charge in [-0.2, -0.15) is 5.10 Å². The Kier molecular flexibility index (Phi) is 6.17. The fraction of sp³-hybridized carbons (Fsp3) is 0.412. The second-order valence-corrected chi connectivity index (χ2v) is 5.76. The zero-order chi connectivity index (χ0) is 16.7. The lowest BCUT2D eigenvalue weighted by Crippen LogP contribution is -2.19. The van der Waals surface area contributed by atoms with Gasteiger partial charge in [0.2, 0.25) is 5.91 Å². The topological polar surface area (TPSA) is 59.4 Å². The summed E-state index contributed by atoms with van der Waals surface area (Å²) >= 11 is 0. The molecule has 0 aliphatic rings. The summed E-state index contributed by atoms with van der Waals surface area (Å²) in [4.78, 5) is 14.0. The van der Waals surface area contributed by atoms with E-state index >= 15 is 0 Å². The molecule has 0 aliphatic carbocycles. The summed E-state index contributed by atoms with van der Waals surface area (Å²) in [5.41, 5.74) is 1.86. The van der Waals surface area contributed by atoms with Gasteiger partial charge in [0, 0.05) is 31.4 Å². The molecule has 0 spiro atoms. The molecule has 6 heteroatoms. The third-order valence-electron chi connectivity index (χ3n) is 3.28. The molecule has 2 aromatic rings. The van der Waals surface area contributed by atoms with E-state index in [0.717, 1.165) is 23.5 Å². The minimum atomic E-state index is -0.0283. The molecule has 0 unspecified atom stereocenters. The van der Waals surface area contributed by atoms with Gasteiger partial charge in [-0.3, -0.25) is 9.48 Å². The fourth-order valence-electron chi connectivity index (χ4n) is 2.01. The van der Waals surface area contributed by atoms with Gasteiger partial charge in [0.1, 0.15) is 12.4 Å². The number of aryl methyl sites for hydroxylation is 2. The first-order chi connectivity index (χ1) is 11.0. The van der Waals surface area contributed by atoms with Gasteiger partial charge < -0.3 is 15.0 Å². The van der Waals surface area contributed by atoms with Crippen LogP contribution in [0, 0.1) is 6.92 Å². The molecule has 1 aromatic heterocycles. The third-order valence-corrected chi connectivity index (χ3v) is 3.28. The van der Waals surface area contributed by atoms with E-state index in [0.29, 0.717) is 19.6 Å². The molecule has 124 valence electrons. The van der Waals surface area contributed by atoms with Crippen molar-refractivity contribution in [2.24, 2.45) is 0 Å². The van der Waals surface area contributed by atoms with Crippen LogP contribution in [-0.2, 0) is 11.3 Å². The molecule has 0 saturated heterocycles. The highest BCUT2D eigenvalue weighted by Gasteiger charge is 2.04. The number of carbonyl (C=O) groups excluding carboxylic acids is 1. The van der Waals surface area contributed by atoms with E-state index in [-0.39, 0.29) is 5.91 Å². The predicted molar refractivity (Wildman–Crippen MR) is 90.7 cm³/mol. The Balaban J connectivity index is 1.75. The van der Waals surface area contributed by atoms with Crippen molar-refractivity contribution in [3.8, 4) is 5.75 Å². The molecular weight excluding hydrogens is 292 g/mol. The smallest absolute Gasteiger partial charge is 0.226 e. The zero-order valence-electron chi connectivity index (χ0n) is 14.0. The molecular formula is C17H24N4O2. The summed E-state index contributed by atoms with van der Waals surface area (Å²) in [5.74, 6) is 0.774. The minimum absolute atomic E-state index is 0.0283. The van der Waals surface area contributed by atoms with Crippen LogP contribution >= 0.6 is 0 Å². The predicted octanol–water partition coefficient (Wildman–Crippen LogP) is 2.16. The number of rotatable bonds is 8. The van der Waals surface area contributed by atoms with Crippen molar-refractivity contribution in [3.63, 3.8) is 0 Å². The summed E-state index contributed by atoms with van der Waals surface area (Å²) in [6.07, 6.45) is 4.10. The summed E-state index contributed by atoms with van der Waals surface area (Å²) < 4.78 is 7.39. The lowest BCUT2D eigenvalue weighted by atomic mass is 10.3. The minimum Gasteiger partial charge on any atom is -0.492 e. The van der Waals surface area contributed by atoms with Crippen LogP contribution in [0.5, 0.6) is 5.75 Å². The first-order valence-corrected chi connectivity index (χ1v) is 7.69. The standard InChI is InChI=1S/C17H24N4O2/c1-14-12-18-21(13-14)9-8-17(22)19-15-4-6-16(7-5-15)23-11-10-20(2)3/h4-7,12-13H,8-11H2,1-3H3,(H,19,22). The number of nitrogens with one attached hydrogen (secondary N) is 1. The van der Waals surface area contributed by atoms with Gasteiger partial charge in [-0.15, -0.1) is 0 Å². The average molecular weight is 316 g/mol. The number of hydrogen-bond acceptors (Lipinski definition) is 4. The Morgan fingerprint density at radius 1 is 1.30 bits per heavy atom. The van der Waals surface area contributed by atoms with Crippen molar-refractivity contribution in [3.05, 3.63) is 42.2 Å². The summed E-state index contributed by atoms with van der Waals surface area (Å²) in [7, 11) is 4.01. The maximum absolute atomic E-state index is 11.9. The Morgan fingerprint density at radius 2 is 2.04 bits per heavy atom. The summed E-state index contributed by atoms with van der Waals surface area (Å²) in [6.45, 7) is 4.06. The Labute approximate surface area is 137 Å². The molecule has 0 saturated carbocycles. The van der Waals surface area contributed by atoms with E-state index in [9.17, 15) is 4.79 Å². The number of anilines is 1. The van der Waals surface area contributed by atoms with Crippen LogP contribution < -0.4 is 10.1 Å². The second-order valence-electron chi connectivity index (χ2n) is 5.76. The van der Waals surface area contributed by atoms with Crippen LogP contribution in [-0.4, -0.2) is 47.8 Å². The second kappa shape index (κ2) is 8.33. The Bertz CT molecular complexity index is 620. The first-order valence-electron chi connectivity index (χ1n) is 7.69. The number of likely N-dealkylation sites (N-methyl/N-ethyl adjacent to an activating group) is 1. The molecule has 1 aromatic carbocycles. The van der Waals surface area contributed by atoms with Crippen LogP contribution in [0.3, 0.4) is 0 Å². The molecule has 0 bridgehead atoms. The highest BCUT2D eigenvalue weighted by atomic mass is 16.5. The number of benzene rings is 1. The molecule has 0 radical (unpaired) electrons. The summed E-state index contributed by atoms with van der Waals surface area (Å²) in [5, 5.41) is 7.04. The number of carbonyl (C=O) groups is 1. The lowest BCUT2D eigenvalue weighted by Gasteiger charge is -2.11. The average Bonchev–Trinajstić information content (AvgIpc) is 2.92. The van der Waals surface area contributed by atoms with Gasteiger partial charge >= 0.3 is 0 Å². The fourth-order valence-corrected chi connectivity index (χ4v) is 2.01. The zero-order valence-corrected chi connectivity index (χ0v) is 14.0. The van der Waals surface area contributed by atoms with E-state index < -0.39 is 0 Å². The highest BCUT2D eigenvalue weighted by molar-refractivity contribution is 5.90. The maximum Gasteiger partial charge on any atom is 0.226 e. The van der Waals surface area contributed by atoms with E-state index in [1.54, 1.807) is 10.9 Å². The molecule has 6 nitrogen and oxygen atoms in total. The van der Waals surface area contributed by atoms with Crippen LogP contribution in [0.1, 0.15) is 12.0 Å². The number of nitrogens with zero attached hydrogens (tertiary/aromatic N) is 3. The van der Waals surface area contributed by atoms with Gasteiger partial charge in [0.05, 0.1) is 6.20 Å². The molecule has 2 rings (SSSR count). The monoisotopic (exact) mass is 316 g/mol. The first kappa shape index (κ1) is 17.0. The molecule has 23 heavy (non-hydrogen) atoms. The normalized spacial score (nSPS) is 10.8. The van der Waals surface area contributed by atoms with Crippen LogP contribution in [0.2, 0.25) is 0 Å². The van der Waals surface area contributed by atoms with E-state index in [1.165, 1.54) is 0 Å². The van der Waals surface area contributed by atoms with Gasteiger partial charge in [0.15, 0.2) is 0 Å². The quantitative estimate of drug-likeness (QED) is 0.811. The Morgan fingerprint density at radius 3 is 2.65 bits per heavy atom. The van der Waals surface area contributed by atoms with Crippen LogP contribution in [0.15, 0.2) is 36.7 Å².